The summed E-state index contributed by atoms with van der Waals surface area (Å²) in [5.74, 6) is 2.36. The van der Waals surface area contributed by atoms with Crippen LogP contribution in [0.3, 0.4) is 0 Å². The maximum absolute atomic E-state index is 5.72. The van der Waals surface area contributed by atoms with Gasteiger partial charge in [0.2, 0.25) is 5.88 Å². The van der Waals surface area contributed by atoms with Crippen LogP contribution < -0.4 is 10.1 Å². The van der Waals surface area contributed by atoms with Crippen molar-refractivity contribution in [2.45, 2.75) is 65.9 Å². The standard InChI is InChI=1S/C17H31N3O2/c1-5-7-11-22-17-13-16(19-15(20-17)9-6-2)18-10-8-12-21-14(3)4/h13-14H,5-12H2,1-4H3,(H,18,19,20). The van der Waals surface area contributed by atoms with Crippen LogP contribution in [0.2, 0.25) is 0 Å². The van der Waals surface area contributed by atoms with E-state index in [1.54, 1.807) is 0 Å². The molecule has 0 amide bonds. The number of nitrogens with one attached hydrogen (secondary N) is 1. The van der Waals surface area contributed by atoms with Gasteiger partial charge in [0.1, 0.15) is 11.6 Å². The van der Waals surface area contributed by atoms with Crippen molar-refractivity contribution in [2.24, 2.45) is 0 Å². The molecule has 0 aromatic carbocycles. The number of aryl methyl sites for hydroxylation is 1. The number of anilines is 1. The fourth-order valence-corrected chi connectivity index (χ4v) is 1.90. The Hall–Kier alpha value is -1.36. The van der Waals surface area contributed by atoms with E-state index in [4.69, 9.17) is 9.47 Å². The summed E-state index contributed by atoms with van der Waals surface area (Å²) in [6.45, 7) is 10.7. The predicted octanol–water partition coefficient (Wildman–Crippen LogP) is 3.84. The van der Waals surface area contributed by atoms with Crippen molar-refractivity contribution in [3.05, 3.63) is 11.9 Å². The van der Waals surface area contributed by atoms with Crippen molar-refractivity contribution in [3.63, 3.8) is 0 Å². The van der Waals surface area contributed by atoms with Gasteiger partial charge in [0.25, 0.3) is 0 Å². The predicted molar refractivity (Wildman–Crippen MR) is 90.6 cm³/mol. The molecule has 5 heteroatoms. The van der Waals surface area contributed by atoms with Gasteiger partial charge >= 0.3 is 0 Å². The summed E-state index contributed by atoms with van der Waals surface area (Å²) >= 11 is 0. The van der Waals surface area contributed by atoms with E-state index in [0.717, 1.165) is 56.9 Å². The van der Waals surface area contributed by atoms with Crippen LogP contribution in [0.4, 0.5) is 5.82 Å². The van der Waals surface area contributed by atoms with E-state index in [1.165, 1.54) is 0 Å². The Morgan fingerprint density at radius 3 is 2.59 bits per heavy atom. The fourth-order valence-electron chi connectivity index (χ4n) is 1.90. The Balaban J connectivity index is 2.51. The molecular formula is C17H31N3O2. The summed E-state index contributed by atoms with van der Waals surface area (Å²) < 4.78 is 11.3. The molecule has 1 heterocycles. The molecule has 1 N–H and O–H groups in total. The first-order valence-corrected chi connectivity index (χ1v) is 8.51. The molecule has 5 nitrogen and oxygen atoms in total. The summed E-state index contributed by atoms with van der Waals surface area (Å²) in [6.07, 6.45) is 5.30. The molecule has 0 aliphatic carbocycles. The van der Waals surface area contributed by atoms with Crippen molar-refractivity contribution in [3.8, 4) is 5.88 Å². The Morgan fingerprint density at radius 2 is 1.91 bits per heavy atom. The summed E-state index contributed by atoms with van der Waals surface area (Å²) in [5.41, 5.74) is 0. The number of rotatable bonds is 12. The molecule has 0 unspecified atom stereocenters. The molecule has 1 aromatic heterocycles. The van der Waals surface area contributed by atoms with Gasteiger partial charge in [0, 0.05) is 25.6 Å². The Labute approximate surface area is 134 Å². The Bertz CT molecular complexity index is 411. The zero-order valence-corrected chi connectivity index (χ0v) is 14.5. The van der Waals surface area contributed by atoms with Crippen molar-refractivity contribution in [1.82, 2.24) is 9.97 Å². The summed E-state index contributed by atoms with van der Waals surface area (Å²) in [4.78, 5) is 9.01. The number of aromatic nitrogens is 2. The van der Waals surface area contributed by atoms with Gasteiger partial charge in [-0.15, -0.1) is 0 Å². The van der Waals surface area contributed by atoms with Gasteiger partial charge in [-0.05, 0) is 33.1 Å². The topological polar surface area (TPSA) is 56.3 Å². The van der Waals surface area contributed by atoms with Crippen LogP contribution >= 0.6 is 0 Å². The van der Waals surface area contributed by atoms with E-state index in [1.807, 2.05) is 6.07 Å². The van der Waals surface area contributed by atoms with Crippen molar-refractivity contribution in [1.29, 1.82) is 0 Å². The van der Waals surface area contributed by atoms with E-state index in [0.29, 0.717) is 12.5 Å². The van der Waals surface area contributed by atoms with Crippen LogP contribution in [0.15, 0.2) is 6.07 Å². The first-order chi connectivity index (χ1) is 10.7. The highest BCUT2D eigenvalue weighted by Crippen LogP contribution is 2.15. The van der Waals surface area contributed by atoms with Crippen LogP contribution in [-0.4, -0.2) is 35.8 Å². The summed E-state index contributed by atoms with van der Waals surface area (Å²) in [5, 5.41) is 3.34. The van der Waals surface area contributed by atoms with E-state index in [-0.39, 0.29) is 6.10 Å². The number of hydrogen-bond donors (Lipinski definition) is 1. The minimum Gasteiger partial charge on any atom is -0.478 e. The first-order valence-electron chi connectivity index (χ1n) is 8.51. The molecule has 0 saturated carbocycles. The lowest BCUT2D eigenvalue weighted by Gasteiger charge is -2.11. The van der Waals surface area contributed by atoms with Gasteiger partial charge in [0.05, 0.1) is 12.7 Å². The normalized spacial score (nSPS) is 11.0. The van der Waals surface area contributed by atoms with Crippen molar-refractivity contribution in [2.75, 3.05) is 25.1 Å². The first kappa shape index (κ1) is 18.7. The molecule has 0 radical (unpaired) electrons. The molecule has 0 fully saturated rings. The van der Waals surface area contributed by atoms with E-state index >= 15 is 0 Å². The maximum Gasteiger partial charge on any atom is 0.218 e. The highest BCUT2D eigenvalue weighted by Gasteiger charge is 2.05. The largest absolute Gasteiger partial charge is 0.478 e. The van der Waals surface area contributed by atoms with Crippen LogP contribution in [-0.2, 0) is 11.2 Å². The van der Waals surface area contributed by atoms with E-state index in [9.17, 15) is 0 Å². The molecule has 0 atom stereocenters. The molecule has 1 rings (SSSR count). The average Bonchev–Trinajstić information content (AvgIpc) is 2.47. The Kier molecular flexibility index (Phi) is 9.55. The second-order valence-electron chi connectivity index (χ2n) is 5.66. The number of nitrogens with zero attached hydrogens (tertiary/aromatic N) is 2. The Morgan fingerprint density at radius 1 is 1.09 bits per heavy atom. The van der Waals surface area contributed by atoms with Gasteiger partial charge in [-0.25, -0.2) is 4.98 Å². The van der Waals surface area contributed by atoms with Gasteiger partial charge in [-0.1, -0.05) is 20.3 Å². The zero-order chi connectivity index (χ0) is 16.2. The fraction of sp³-hybridized carbons (Fsp3) is 0.765. The van der Waals surface area contributed by atoms with Gasteiger partial charge in [0.15, 0.2) is 0 Å². The average molecular weight is 309 g/mol. The highest BCUT2D eigenvalue weighted by atomic mass is 16.5. The molecule has 22 heavy (non-hydrogen) atoms. The van der Waals surface area contributed by atoms with Crippen molar-refractivity contribution >= 4 is 5.82 Å². The third-order valence-corrected chi connectivity index (χ3v) is 3.05. The minimum absolute atomic E-state index is 0.286. The molecule has 0 aliphatic rings. The SMILES string of the molecule is CCCCOc1cc(NCCCOC(C)C)nc(CCC)n1. The van der Waals surface area contributed by atoms with Crippen LogP contribution in [0.25, 0.3) is 0 Å². The lowest BCUT2D eigenvalue weighted by atomic mass is 10.3. The smallest absolute Gasteiger partial charge is 0.218 e. The van der Waals surface area contributed by atoms with Crippen molar-refractivity contribution < 1.29 is 9.47 Å². The number of unbranched alkanes of at least 4 members (excludes halogenated alkanes) is 1. The minimum atomic E-state index is 0.286. The maximum atomic E-state index is 5.72. The monoisotopic (exact) mass is 309 g/mol. The summed E-state index contributed by atoms with van der Waals surface area (Å²) in [7, 11) is 0. The molecule has 0 aliphatic heterocycles. The lowest BCUT2D eigenvalue weighted by Crippen LogP contribution is -2.11. The van der Waals surface area contributed by atoms with Crippen LogP contribution in [0.5, 0.6) is 5.88 Å². The molecule has 1 aromatic rings. The molecule has 0 saturated heterocycles. The lowest BCUT2D eigenvalue weighted by molar-refractivity contribution is 0.0787. The van der Waals surface area contributed by atoms with Crippen LogP contribution in [0, 0.1) is 0 Å². The number of hydrogen-bond acceptors (Lipinski definition) is 5. The second-order valence-corrected chi connectivity index (χ2v) is 5.66. The molecule has 0 bridgehead atoms. The van der Waals surface area contributed by atoms with Gasteiger partial charge in [-0.2, -0.15) is 4.98 Å². The zero-order valence-electron chi connectivity index (χ0n) is 14.5. The third kappa shape index (κ3) is 8.17. The summed E-state index contributed by atoms with van der Waals surface area (Å²) in [6, 6.07) is 1.89. The number of ether oxygens (including phenoxy) is 2. The van der Waals surface area contributed by atoms with Gasteiger partial charge in [-0.3, -0.25) is 0 Å². The molecule has 0 spiro atoms. The van der Waals surface area contributed by atoms with Gasteiger partial charge < -0.3 is 14.8 Å². The molecular weight excluding hydrogens is 278 g/mol. The van der Waals surface area contributed by atoms with Crippen LogP contribution in [0.1, 0.15) is 59.2 Å². The quantitative estimate of drug-likeness (QED) is 0.595. The second kappa shape index (κ2) is 11.2. The van der Waals surface area contributed by atoms with E-state index < -0.39 is 0 Å². The highest BCUT2D eigenvalue weighted by molar-refractivity contribution is 5.38. The van der Waals surface area contributed by atoms with E-state index in [2.05, 4.69) is 43.0 Å². The molecule has 126 valence electrons. The third-order valence-electron chi connectivity index (χ3n) is 3.05.